The van der Waals surface area contributed by atoms with Crippen LogP contribution in [0.25, 0.3) is 0 Å². The Hall–Kier alpha value is -3.34. The highest BCUT2D eigenvalue weighted by atomic mass is 32.2. The number of ether oxygens (including phenoxy) is 2. The highest BCUT2D eigenvalue weighted by Crippen LogP contribution is 2.23. The second-order valence-corrected chi connectivity index (χ2v) is 6.75. The minimum atomic E-state index is -4.84. The summed E-state index contributed by atoms with van der Waals surface area (Å²) in [6, 6.07) is 7.01. The highest BCUT2D eigenvalue weighted by molar-refractivity contribution is 7.98. The fourth-order valence-corrected chi connectivity index (χ4v) is 2.94. The predicted octanol–water partition coefficient (Wildman–Crippen LogP) is 4.15. The molecule has 1 aromatic carbocycles. The lowest BCUT2D eigenvalue weighted by Gasteiger charge is -2.09. The normalized spacial score (nSPS) is 11.2. The van der Waals surface area contributed by atoms with E-state index in [0.717, 1.165) is 36.2 Å². The van der Waals surface area contributed by atoms with Crippen LogP contribution in [0.15, 0.2) is 63.2 Å². The van der Waals surface area contributed by atoms with E-state index in [2.05, 4.69) is 14.7 Å². The smallest absolute Gasteiger partial charge is 0.464 e. The Morgan fingerprint density at radius 2 is 1.93 bits per heavy atom. The van der Waals surface area contributed by atoms with E-state index < -0.39 is 23.5 Å². The standard InChI is InChI=1S/C19H13F3N2O5S/c1-11-6-7-23-18(24-11)30-10-14-8-15(25)16(9-27-14)28-17(26)12-2-4-13(5-3-12)29-19(20,21)22/h2-9H,10H2,1H3. The zero-order valence-electron chi connectivity index (χ0n) is 15.3. The number of nitrogens with zero attached hydrogens (tertiary/aromatic N) is 2. The third-order valence-corrected chi connectivity index (χ3v) is 4.38. The topological polar surface area (TPSA) is 91.5 Å². The van der Waals surface area contributed by atoms with E-state index in [-0.39, 0.29) is 17.1 Å². The Bertz CT molecular complexity index is 1100. The molecule has 2 aromatic heterocycles. The molecule has 30 heavy (non-hydrogen) atoms. The molecule has 11 heteroatoms. The molecule has 0 aliphatic heterocycles. The Morgan fingerprint density at radius 1 is 1.20 bits per heavy atom. The van der Waals surface area contributed by atoms with E-state index in [1.54, 1.807) is 12.3 Å². The SMILES string of the molecule is Cc1ccnc(SCc2cc(=O)c(OC(=O)c3ccc(OC(F)(F)F)cc3)co2)n1. The fraction of sp³-hybridized carbons (Fsp3) is 0.158. The molecule has 156 valence electrons. The number of thioether (sulfide) groups is 1. The Kier molecular flexibility index (Phi) is 6.40. The fourth-order valence-electron chi connectivity index (χ4n) is 2.17. The Morgan fingerprint density at radius 3 is 2.57 bits per heavy atom. The van der Waals surface area contributed by atoms with Gasteiger partial charge in [-0.2, -0.15) is 0 Å². The number of hydrogen-bond donors (Lipinski definition) is 0. The maximum Gasteiger partial charge on any atom is 0.573 e. The summed E-state index contributed by atoms with van der Waals surface area (Å²) in [5.41, 5.74) is 0.141. The van der Waals surface area contributed by atoms with Crippen molar-refractivity contribution < 1.29 is 31.9 Å². The molecule has 0 bridgehead atoms. The van der Waals surface area contributed by atoms with Crippen molar-refractivity contribution in [1.82, 2.24) is 9.97 Å². The maximum atomic E-state index is 12.2. The summed E-state index contributed by atoms with van der Waals surface area (Å²) in [5.74, 6) is -1.16. The summed E-state index contributed by atoms with van der Waals surface area (Å²) in [6.45, 7) is 1.83. The average Bonchev–Trinajstić information content (AvgIpc) is 2.67. The zero-order valence-corrected chi connectivity index (χ0v) is 16.1. The van der Waals surface area contributed by atoms with Gasteiger partial charge in [0.25, 0.3) is 0 Å². The van der Waals surface area contributed by atoms with Crippen LogP contribution in [0.1, 0.15) is 21.8 Å². The van der Waals surface area contributed by atoms with Crippen LogP contribution in [0.4, 0.5) is 13.2 Å². The molecule has 3 rings (SSSR count). The van der Waals surface area contributed by atoms with Gasteiger partial charge >= 0.3 is 12.3 Å². The van der Waals surface area contributed by atoms with Gasteiger partial charge in [0, 0.05) is 18.0 Å². The molecule has 0 fully saturated rings. The lowest BCUT2D eigenvalue weighted by molar-refractivity contribution is -0.274. The Balaban J connectivity index is 1.62. The summed E-state index contributed by atoms with van der Waals surface area (Å²) >= 11 is 1.26. The number of carbonyl (C=O) groups excluding carboxylic acids is 1. The quantitative estimate of drug-likeness (QED) is 0.322. The van der Waals surface area contributed by atoms with E-state index >= 15 is 0 Å². The molecule has 0 atom stereocenters. The number of rotatable bonds is 6. The second kappa shape index (κ2) is 8.99. The van der Waals surface area contributed by atoms with Crippen molar-refractivity contribution in [3.63, 3.8) is 0 Å². The Labute approximate surface area is 171 Å². The van der Waals surface area contributed by atoms with Crippen LogP contribution in [0.2, 0.25) is 0 Å². The summed E-state index contributed by atoms with van der Waals surface area (Å²) < 4.78 is 50.5. The molecular weight excluding hydrogens is 425 g/mol. The number of alkyl halides is 3. The minimum absolute atomic E-state index is 0.0693. The first kappa shape index (κ1) is 21.4. The van der Waals surface area contributed by atoms with Crippen LogP contribution in [0, 0.1) is 6.92 Å². The molecule has 0 spiro atoms. The van der Waals surface area contributed by atoms with Gasteiger partial charge in [-0.15, -0.1) is 13.2 Å². The number of aromatic nitrogens is 2. The van der Waals surface area contributed by atoms with Gasteiger partial charge in [0.05, 0.1) is 11.3 Å². The molecule has 3 aromatic rings. The van der Waals surface area contributed by atoms with E-state index in [0.29, 0.717) is 10.9 Å². The van der Waals surface area contributed by atoms with Crippen molar-refractivity contribution in [1.29, 1.82) is 0 Å². The van der Waals surface area contributed by atoms with Crippen molar-refractivity contribution in [3.8, 4) is 11.5 Å². The molecule has 0 unspecified atom stereocenters. The third-order valence-electron chi connectivity index (χ3n) is 3.49. The monoisotopic (exact) mass is 438 g/mol. The van der Waals surface area contributed by atoms with Crippen molar-refractivity contribution in [3.05, 3.63) is 76.1 Å². The van der Waals surface area contributed by atoms with Crippen LogP contribution in [0.5, 0.6) is 11.5 Å². The number of esters is 1. The summed E-state index contributed by atoms with van der Waals surface area (Å²) in [6.07, 6.45) is -2.23. The van der Waals surface area contributed by atoms with E-state index in [4.69, 9.17) is 9.15 Å². The molecule has 0 aliphatic carbocycles. The van der Waals surface area contributed by atoms with Gasteiger partial charge in [0.15, 0.2) is 5.16 Å². The van der Waals surface area contributed by atoms with Gasteiger partial charge in [0.1, 0.15) is 17.8 Å². The molecule has 0 amide bonds. The second-order valence-electron chi connectivity index (χ2n) is 5.81. The first-order chi connectivity index (χ1) is 14.2. The first-order valence-electron chi connectivity index (χ1n) is 8.32. The molecule has 7 nitrogen and oxygen atoms in total. The van der Waals surface area contributed by atoms with Crippen LogP contribution in [0.3, 0.4) is 0 Å². The molecule has 0 saturated carbocycles. The predicted molar refractivity (Wildman–Crippen MR) is 99.4 cm³/mol. The van der Waals surface area contributed by atoms with E-state index in [1.165, 1.54) is 17.8 Å². The lowest BCUT2D eigenvalue weighted by Crippen LogP contribution is -2.17. The minimum Gasteiger partial charge on any atom is -0.464 e. The van der Waals surface area contributed by atoms with Crippen LogP contribution in [-0.4, -0.2) is 22.3 Å². The van der Waals surface area contributed by atoms with Gasteiger partial charge in [-0.3, -0.25) is 4.79 Å². The average molecular weight is 438 g/mol. The first-order valence-corrected chi connectivity index (χ1v) is 9.30. The maximum absolute atomic E-state index is 12.2. The van der Waals surface area contributed by atoms with E-state index in [9.17, 15) is 22.8 Å². The van der Waals surface area contributed by atoms with Crippen LogP contribution in [-0.2, 0) is 5.75 Å². The van der Waals surface area contributed by atoms with Gasteiger partial charge in [-0.25, -0.2) is 14.8 Å². The van der Waals surface area contributed by atoms with Crippen molar-refractivity contribution in [2.24, 2.45) is 0 Å². The van der Waals surface area contributed by atoms with Crippen molar-refractivity contribution in [2.75, 3.05) is 0 Å². The number of halogens is 3. The summed E-state index contributed by atoms with van der Waals surface area (Å²) in [4.78, 5) is 32.6. The molecule has 2 heterocycles. The molecule has 0 aliphatic rings. The molecule has 0 radical (unpaired) electrons. The number of benzene rings is 1. The molecule has 0 N–H and O–H groups in total. The lowest BCUT2D eigenvalue weighted by atomic mass is 10.2. The van der Waals surface area contributed by atoms with Gasteiger partial charge in [0.2, 0.25) is 11.2 Å². The molecule has 0 saturated heterocycles. The number of carbonyl (C=O) groups is 1. The third kappa shape index (κ3) is 6.08. The number of hydrogen-bond acceptors (Lipinski definition) is 8. The van der Waals surface area contributed by atoms with Crippen LogP contribution >= 0.6 is 11.8 Å². The van der Waals surface area contributed by atoms with E-state index in [1.807, 2.05) is 6.92 Å². The molecular formula is C19H13F3N2O5S. The van der Waals surface area contributed by atoms with Crippen LogP contribution < -0.4 is 14.9 Å². The zero-order chi connectivity index (χ0) is 21.7. The van der Waals surface area contributed by atoms with Gasteiger partial charge in [-0.05, 0) is 37.3 Å². The van der Waals surface area contributed by atoms with Gasteiger partial charge in [-0.1, -0.05) is 11.8 Å². The number of aryl methyl sites for hydroxylation is 1. The summed E-state index contributed by atoms with van der Waals surface area (Å²) in [5, 5.41) is 0.520. The van der Waals surface area contributed by atoms with Gasteiger partial charge < -0.3 is 13.9 Å². The highest BCUT2D eigenvalue weighted by Gasteiger charge is 2.31. The van der Waals surface area contributed by atoms with Crippen molar-refractivity contribution >= 4 is 17.7 Å². The summed E-state index contributed by atoms with van der Waals surface area (Å²) in [7, 11) is 0. The van der Waals surface area contributed by atoms with Crippen molar-refractivity contribution in [2.45, 2.75) is 24.2 Å². The largest absolute Gasteiger partial charge is 0.573 e.